The minimum Gasteiger partial charge on any atom is -0.465 e. The molecule has 0 aliphatic heterocycles. The largest absolute Gasteiger partial charge is 0.465 e. The number of esters is 1. The number of hydrogen-bond acceptors (Lipinski definition) is 3. The predicted octanol–water partition coefficient (Wildman–Crippen LogP) is 3.22. The summed E-state index contributed by atoms with van der Waals surface area (Å²) in [6.45, 7) is 6.49. The van der Waals surface area contributed by atoms with Gasteiger partial charge in [-0.25, -0.2) is 0 Å². The van der Waals surface area contributed by atoms with Crippen LogP contribution in [0.25, 0.3) is 0 Å². The summed E-state index contributed by atoms with van der Waals surface area (Å²) >= 11 is 0. The number of carbonyl (C=O) groups is 2. The molecule has 0 radical (unpaired) electrons. The van der Waals surface area contributed by atoms with Gasteiger partial charge in [0.1, 0.15) is 5.41 Å². The van der Waals surface area contributed by atoms with E-state index in [2.05, 4.69) is 19.8 Å². The first-order valence-electron chi connectivity index (χ1n) is 8.11. The smallest absolute Gasteiger partial charge is 0.320 e. The Balaban J connectivity index is 2.31. The Labute approximate surface area is 127 Å². The Morgan fingerprint density at radius 3 is 2.76 bits per heavy atom. The number of carbonyl (C=O) groups excluding carboxylic acids is 2. The molecular formula is C18H26O3. The normalized spacial score (nSPS) is 39.2. The van der Waals surface area contributed by atoms with Crippen LogP contribution in [0.1, 0.15) is 52.9 Å². The van der Waals surface area contributed by atoms with Crippen molar-refractivity contribution < 1.29 is 14.3 Å². The molecule has 0 N–H and O–H groups in total. The third kappa shape index (κ3) is 2.73. The molecule has 0 bridgehead atoms. The van der Waals surface area contributed by atoms with Crippen molar-refractivity contribution in [2.75, 3.05) is 6.61 Å². The summed E-state index contributed by atoms with van der Waals surface area (Å²) in [5.74, 6) is 3.67. The van der Waals surface area contributed by atoms with E-state index in [1.165, 1.54) is 6.42 Å². The second-order valence-electron chi connectivity index (χ2n) is 6.91. The first kappa shape index (κ1) is 16.1. The van der Waals surface area contributed by atoms with Crippen LogP contribution in [-0.4, -0.2) is 18.4 Å². The van der Waals surface area contributed by atoms with Crippen LogP contribution in [0.5, 0.6) is 0 Å². The molecule has 0 amide bonds. The van der Waals surface area contributed by atoms with Crippen molar-refractivity contribution in [1.29, 1.82) is 0 Å². The van der Waals surface area contributed by atoms with Crippen molar-refractivity contribution in [1.82, 2.24) is 0 Å². The lowest BCUT2D eigenvalue weighted by Crippen LogP contribution is -2.52. The van der Waals surface area contributed by atoms with Crippen LogP contribution in [0.3, 0.4) is 0 Å². The van der Waals surface area contributed by atoms with Crippen LogP contribution < -0.4 is 0 Å². The Kier molecular flexibility index (Phi) is 4.76. The molecule has 2 saturated carbocycles. The molecule has 2 aliphatic rings. The average molecular weight is 290 g/mol. The standard InChI is InChI=1S/C18H26O3/c1-5-8-18(17(20)21-6-2)9-7-14-13(4)10-12(3)11-15(14)16(18)19/h1,12-15H,6-11H2,2-4H3/t12?,13?,14?,15?,18-/m0/s1. The van der Waals surface area contributed by atoms with Gasteiger partial charge < -0.3 is 4.74 Å². The van der Waals surface area contributed by atoms with Gasteiger partial charge in [0.15, 0.2) is 5.78 Å². The molecule has 2 rings (SSSR count). The second-order valence-corrected chi connectivity index (χ2v) is 6.91. The fourth-order valence-electron chi connectivity index (χ4n) is 4.48. The van der Waals surface area contributed by atoms with Crippen LogP contribution >= 0.6 is 0 Å². The topological polar surface area (TPSA) is 43.4 Å². The van der Waals surface area contributed by atoms with Gasteiger partial charge in [-0.05, 0) is 50.4 Å². The van der Waals surface area contributed by atoms with Crippen molar-refractivity contribution >= 4 is 11.8 Å². The summed E-state index contributed by atoms with van der Waals surface area (Å²) in [7, 11) is 0. The van der Waals surface area contributed by atoms with Crippen molar-refractivity contribution in [2.45, 2.75) is 52.9 Å². The molecule has 3 nitrogen and oxygen atoms in total. The van der Waals surface area contributed by atoms with Crippen LogP contribution in [0, 0.1) is 41.4 Å². The van der Waals surface area contributed by atoms with Crippen LogP contribution in [-0.2, 0) is 14.3 Å². The lowest BCUT2D eigenvalue weighted by Gasteiger charge is -2.47. The highest BCUT2D eigenvalue weighted by molar-refractivity contribution is 6.05. The van der Waals surface area contributed by atoms with Crippen molar-refractivity contribution in [2.24, 2.45) is 29.1 Å². The van der Waals surface area contributed by atoms with E-state index >= 15 is 0 Å². The molecule has 2 aliphatic carbocycles. The predicted molar refractivity (Wildman–Crippen MR) is 81.3 cm³/mol. The number of rotatable bonds is 3. The zero-order valence-electron chi connectivity index (χ0n) is 13.4. The summed E-state index contributed by atoms with van der Waals surface area (Å²) < 4.78 is 5.19. The lowest BCUT2D eigenvalue weighted by atomic mass is 9.55. The Morgan fingerprint density at radius 1 is 1.43 bits per heavy atom. The quantitative estimate of drug-likeness (QED) is 0.455. The first-order valence-corrected chi connectivity index (χ1v) is 8.11. The van der Waals surface area contributed by atoms with Crippen molar-refractivity contribution in [3.05, 3.63) is 0 Å². The number of ether oxygens (including phenoxy) is 1. The maximum absolute atomic E-state index is 13.1. The van der Waals surface area contributed by atoms with E-state index in [1.807, 2.05) is 0 Å². The van der Waals surface area contributed by atoms with Gasteiger partial charge in [-0.3, -0.25) is 9.59 Å². The minimum atomic E-state index is -1.08. The number of fused-ring (bicyclic) bond motifs is 1. The van der Waals surface area contributed by atoms with E-state index in [0.29, 0.717) is 30.8 Å². The fourth-order valence-corrected chi connectivity index (χ4v) is 4.48. The molecule has 0 heterocycles. The maximum atomic E-state index is 13.1. The van der Waals surface area contributed by atoms with E-state index in [0.717, 1.165) is 12.8 Å². The highest BCUT2D eigenvalue weighted by atomic mass is 16.5. The third-order valence-corrected chi connectivity index (χ3v) is 5.46. The Bertz CT molecular complexity index is 462. The SMILES string of the molecule is C#CC[C@]1(C(=O)OCC)CCC2C(C)CC(C)CC2C1=O. The van der Waals surface area contributed by atoms with Gasteiger partial charge in [-0.1, -0.05) is 13.8 Å². The Hall–Kier alpha value is -1.30. The molecule has 5 atom stereocenters. The van der Waals surface area contributed by atoms with Gasteiger partial charge in [-0.2, -0.15) is 0 Å². The molecule has 0 spiro atoms. The highest BCUT2D eigenvalue weighted by Crippen LogP contribution is 2.51. The Morgan fingerprint density at radius 2 is 2.14 bits per heavy atom. The number of ketones is 1. The molecule has 3 heteroatoms. The molecule has 2 fully saturated rings. The van der Waals surface area contributed by atoms with Gasteiger partial charge >= 0.3 is 5.97 Å². The van der Waals surface area contributed by atoms with E-state index in [9.17, 15) is 9.59 Å². The monoisotopic (exact) mass is 290 g/mol. The van der Waals surface area contributed by atoms with Crippen LogP contribution in [0.15, 0.2) is 0 Å². The first-order chi connectivity index (χ1) is 9.96. The molecule has 116 valence electrons. The lowest BCUT2D eigenvalue weighted by molar-refractivity contribution is -0.167. The summed E-state index contributed by atoms with van der Waals surface area (Å²) in [6, 6.07) is 0. The molecule has 4 unspecified atom stereocenters. The average Bonchev–Trinajstić information content (AvgIpc) is 2.43. The van der Waals surface area contributed by atoms with Gasteiger partial charge in [-0.15, -0.1) is 12.3 Å². The number of Topliss-reactive ketones (excluding diaryl/α,β-unsaturated/α-hetero) is 1. The van der Waals surface area contributed by atoms with Gasteiger partial charge in [0.2, 0.25) is 0 Å². The summed E-state index contributed by atoms with van der Waals surface area (Å²) in [6.07, 6.45) is 9.15. The van der Waals surface area contributed by atoms with Crippen molar-refractivity contribution in [3.8, 4) is 12.3 Å². The van der Waals surface area contributed by atoms with Crippen molar-refractivity contribution in [3.63, 3.8) is 0 Å². The summed E-state index contributed by atoms with van der Waals surface area (Å²) in [5.41, 5.74) is -1.08. The summed E-state index contributed by atoms with van der Waals surface area (Å²) in [4.78, 5) is 25.5. The summed E-state index contributed by atoms with van der Waals surface area (Å²) in [5, 5.41) is 0. The number of hydrogen-bond donors (Lipinski definition) is 0. The van der Waals surface area contributed by atoms with E-state index in [-0.39, 0.29) is 18.1 Å². The molecule has 0 saturated heterocycles. The highest BCUT2D eigenvalue weighted by Gasteiger charge is 2.55. The van der Waals surface area contributed by atoms with E-state index in [4.69, 9.17) is 11.2 Å². The zero-order valence-corrected chi connectivity index (χ0v) is 13.4. The van der Waals surface area contributed by atoms with E-state index in [1.54, 1.807) is 6.92 Å². The van der Waals surface area contributed by atoms with E-state index < -0.39 is 11.4 Å². The van der Waals surface area contributed by atoms with Gasteiger partial charge in [0, 0.05) is 12.3 Å². The molecular weight excluding hydrogens is 264 g/mol. The minimum absolute atomic E-state index is 0.0183. The zero-order chi connectivity index (χ0) is 15.6. The number of terminal acetylenes is 1. The second kappa shape index (κ2) is 6.22. The van der Waals surface area contributed by atoms with Crippen LogP contribution in [0.4, 0.5) is 0 Å². The maximum Gasteiger partial charge on any atom is 0.320 e. The van der Waals surface area contributed by atoms with Gasteiger partial charge in [0.25, 0.3) is 0 Å². The third-order valence-electron chi connectivity index (χ3n) is 5.46. The molecule has 0 aromatic heterocycles. The van der Waals surface area contributed by atoms with Crippen LogP contribution in [0.2, 0.25) is 0 Å². The van der Waals surface area contributed by atoms with Gasteiger partial charge in [0.05, 0.1) is 6.61 Å². The fraction of sp³-hybridized carbons (Fsp3) is 0.778. The molecule has 0 aromatic rings. The molecule has 21 heavy (non-hydrogen) atoms. The molecule has 0 aromatic carbocycles.